The Bertz CT molecular complexity index is 613. The summed E-state index contributed by atoms with van der Waals surface area (Å²) >= 11 is 1.67. The van der Waals surface area contributed by atoms with Crippen molar-refractivity contribution in [3.63, 3.8) is 0 Å². The summed E-state index contributed by atoms with van der Waals surface area (Å²) in [7, 11) is 0. The Hall–Kier alpha value is -1.91. The van der Waals surface area contributed by atoms with Crippen LogP contribution in [0.3, 0.4) is 0 Å². The van der Waals surface area contributed by atoms with Gasteiger partial charge in [0.1, 0.15) is 5.01 Å². The first-order chi connectivity index (χ1) is 9.24. The molecule has 0 amide bonds. The molecule has 19 heavy (non-hydrogen) atoms. The lowest BCUT2D eigenvalue weighted by Gasteiger charge is -1.99. The predicted molar refractivity (Wildman–Crippen MR) is 77.2 cm³/mol. The Morgan fingerprint density at radius 2 is 2.32 bits per heavy atom. The fourth-order valence-corrected chi connectivity index (χ4v) is 2.74. The monoisotopic (exact) mass is 273 g/mol. The van der Waals surface area contributed by atoms with E-state index >= 15 is 0 Å². The van der Waals surface area contributed by atoms with Gasteiger partial charge in [-0.3, -0.25) is 4.98 Å². The van der Waals surface area contributed by atoms with Crippen LogP contribution in [0, 0.1) is 6.92 Å². The van der Waals surface area contributed by atoms with Crippen molar-refractivity contribution >= 4 is 11.3 Å². The molecule has 0 saturated heterocycles. The molecule has 0 aliphatic carbocycles. The number of azide groups is 1. The van der Waals surface area contributed by atoms with E-state index in [0.29, 0.717) is 13.0 Å². The van der Waals surface area contributed by atoms with Gasteiger partial charge in [0, 0.05) is 33.8 Å². The molecule has 0 saturated carbocycles. The molecule has 0 unspecified atom stereocenters. The highest BCUT2D eigenvalue weighted by atomic mass is 32.1. The van der Waals surface area contributed by atoms with E-state index < -0.39 is 0 Å². The van der Waals surface area contributed by atoms with Crippen LogP contribution in [-0.4, -0.2) is 16.5 Å². The third kappa shape index (κ3) is 3.30. The lowest BCUT2D eigenvalue weighted by molar-refractivity contribution is 0.918. The second-order valence-electron chi connectivity index (χ2n) is 4.12. The normalized spacial score (nSPS) is 10.2. The van der Waals surface area contributed by atoms with Gasteiger partial charge in [0.25, 0.3) is 0 Å². The smallest absolute Gasteiger partial charge is 0.123 e. The number of aryl methyl sites for hydroxylation is 2. The minimum absolute atomic E-state index is 0.455. The summed E-state index contributed by atoms with van der Waals surface area (Å²) in [6.07, 6.45) is 3.44. The SMILES string of the molecule is CCc1cc(-c2nc(CCN=[N+]=[N-])c(C)s2)ccn1. The molecular formula is C13H15N5S. The van der Waals surface area contributed by atoms with Crippen LogP contribution < -0.4 is 0 Å². The summed E-state index contributed by atoms with van der Waals surface area (Å²) in [5.41, 5.74) is 11.5. The fourth-order valence-electron chi connectivity index (χ4n) is 1.79. The van der Waals surface area contributed by atoms with E-state index in [0.717, 1.165) is 28.4 Å². The van der Waals surface area contributed by atoms with Gasteiger partial charge in [0.15, 0.2) is 0 Å². The Morgan fingerprint density at radius 3 is 3.05 bits per heavy atom. The molecule has 0 spiro atoms. The highest BCUT2D eigenvalue weighted by Gasteiger charge is 2.09. The second kappa shape index (κ2) is 6.31. The van der Waals surface area contributed by atoms with Gasteiger partial charge in [-0.15, -0.1) is 11.3 Å². The molecule has 0 atom stereocenters. The van der Waals surface area contributed by atoms with E-state index in [9.17, 15) is 0 Å². The van der Waals surface area contributed by atoms with Crippen molar-refractivity contribution < 1.29 is 0 Å². The number of pyridine rings is 1. The van der Waals surface area contributed by atoms with Gasteiger partial charge >= 0.3 is 0 Å². The van der Waals surface area contributed by atoms with E-state index in [1.165, 1.54) is 4.88 Å². The fraction of sp³-hybridized carbons (Fsp3) is 0.385. The molecule has 0 bridgehead atoms. The molecule has 0 aliphatic rings. The van der Waals surface area contributed by atoms with Crippen molar-refractivity contribution in [2.45, 2.75) is 26.7 Å². The molecule has 2 rings (SSSR count). The van der Waals surface area contributed by atoms with Crippen LogP contribution in [0.25, 0.3) is 21.0 Å². The molecule has 98 valence electrons. The summed E-state index contributed by atoms with van der Waals surface area (Å²) in [4.78, 5) is 12.9. The van der Waals surface area contributed by atoms with Crippen molar-refractivity contribution in [2.75, 3.05) is 6.54 Å². The number of nitrogens with zero attached hydrogens (tertiary/aromatic N) is 5. The summed E-state index contributed by atoms with van der Waals surface area (Å²) in [5, 5.41) is 4.56. The maximum Gasteiger partial charge on any atom is 0.123 e. The van der Waals surface area contributed by atoms with Gasteiger partial charge in [0.05, 0.1) is 5.69 Å². The van der Waals surface area contributed by atoms with E-state index in [2.05, 4.69) is 39.9 Å². The average molecular weight is 273 g/mol. The van der Waals surface area contributed by atoms with Crippen molar-refractivity contribution in [1.29, 1.82) is 0 Å². The van der Waals surface area contributed by atoms with Gasteiger partial charge in [-0.2, -0.15) is 0 Å². The largest absolute Gasteiger partial charge is 0.261 e. The maximum absolute atomic E-state index is 8.29. The van der Waals surface area contributed by atoms with Crippen molar-refractivity contribution in [1.82, 2.24) is 9.97 Å². The van der Waals surface area contributed by atoms with Gasteiger partial charge in [-0.05, 0) is 37.4 Å². The number of aromatic nitrogens is 2. The molecular weight excluding hydrogens is 258 g/mol. The molecule has 6 heteroatoms. The summed E-state index contributed by atoms with van der Waals surface area (Å²) in [6, 6.07) is 4.06. The van der Waals surface area contributed by atoms with Crippen LogP contribution in [0.15, 0.2) is 23.4 Å². The third-order valence-corrected chi connectivity index (χ3v) is 3.89. The molecule has 0 aromatic carbocycles. The van der Waals surface area contributed by atoms with Crippen LogP contribution in [-0.2, 0) is 12.8 Å². The summed E-state index contributed by atoms with van der Waals surface area (Å²) < 4.78 is 0. The zero-order valence-corrected chi connectivity index (χ0v) is 11.8. The minimum Gasteiger partial charge on any atom is -0.261 e. The average Bonchev–Trinajstić information content (AvgIpc) is 2.81. The summed E-state index contributed by atoms with van der Waals surface area (Å²) in [6.45, 7) is 4.59. The van der Waals surface area contributed by atoms with E-state index in [1.807, 2.05) is 12.3 Å². The van der Waals surface area contributed by atoms with Crippen LogP contribution in [0.2, 0.25) is 0 Å². The van der Waals surface area contributed by atoms with Gasteiger partial charge in [-0.1, -0.05) is 12.0 Å². The van der Waals surface area contributed by atoms with Crippen LogP contribution in [0.1, 0.15) is 23.2 Å². The Balaban J connectivity index is 2.25. The summed E-state index contributed by atoms with van der Waals surface area (Å²) in [5.74, 6) is 0. The first-order valence-electron chi connectivity index (χ1n) is 6.17. The maximum atomic E-state index is 8.29. The molecule has 0 radical (unpaired) electrons. The number of rotatable bonds is 5. The zero-order chi connectivity index (χ0) is 13.7. The van der Waals surface area contributed by atoms with E-state index in [1.54, 1.807) is 11.3 Å². The van der Waals surface area contributed by atoms with Crippen LogP contribution in [0.4, 0.5) is 0 Å². The van der Waals surface area contributed by atoms with E-state index in [4.69, 9.17) is 5.53 Å². The Morgan fingerprint density at radius 1 is 1.47 bits per heavy atom. The molecule has 5 nitrogen and oxygen atoms in total. The number of hydrogen-bond acceptors (Lipinski definition) is 4. The Labute approximate surface area is 116 Å². The molecule has 2 aromatic heterocycles. The van der Waals surface area contributed by atoms with Crippen LogP contribution in [0.5, 0.6) is 0 Å². The van der Waals surface area contributed by atoms with Gasteiger partial charge in [-0.25, -0.2) is 4.98 Å². The van der Waals surface area contributed by atoms with Crippen molar-refractivity contribution in [3.05, 3.63) is 45.0 Å². The van der Waals surface area contributed by atoms with Gasteiger partial charge < -0.3 is 0 Å². The Kier molecular flexibility index (Phi) is 4.49. The van der Waals surface area contributed by atoms with Crippen molar-refractivity contribution in [3.8, 4) is 10.6 Å². The van der Waals surface area contributed by atoms with Crippen molar-refractivity contribution in [2.24, 2.45) is 5.11 Å². The minimum atomic E-state index is 0.455. The standard InChI is InChI=1S/C13H15N5S/c1-3-11-8-10(4-6-15-11)13-17-12(9(2)19-13)5-7-16-18-14/h4,6,8H,3,5,7H2,1-2H3. The molecule has 0 aliphatic heterocycles. The molecule has 2 heterocycles. The molecule has 0 fully saturated rings. The van der Waals surface area contributed by atoms with Crippen LogP contribution >= 0.6 is 11.3 Å². The predicted octanol–water partition coefficient (Wildman–Crippen LogP) is 3.93. The third-order valence-electron chi connectivity index (χ3n) is 2.83. The number of thiazole rings is 1. The quantitative estimate of drug-likeness (QED) is 0.470. The highest BCUT2D eigenvalue weighted by molar-refractivity contribution is 7.15. The molecule has 0 N–H and O–H groups in total. The highest BCUT2D eigenvalue weighted by Crippen LogP contribution is 2.28. The topological polar surface area (TPSA) is 74.5 Å². The zero-order valence-electron chi connectivity index (χ0n) is 11.0. The number of hydrogen-bond donors (Lipinski definition) is 0. The lowest BCUT2D eigenvalue weighted by atomic mass is 10.2. The first-order valence-corrected chi connectivity index (χ1v) is 6.98. The first kappa shape index (κ1) is 13.5. The molecule has 2 aromatic rings. The van der Waals surface area contributed by atoms with E-state index in [-0.39, 0.29) is 0 Å². The van der Waals surface area contributed by atoms with Gasteiger partial charge in [0.2, 0.25) is 0 Å². The second-order valence-corrected chi connectivity index (χ2v) is 5.32. The lowest BCUT2D eigenvalue weighted by Crippen LogP contribution is -1.91.